The van der Waals surface area contributed by atoms with Crippen LogP contribution < -0.4 is 0 Å². The molecule has 34 heavy (non-hydrogen) atoms. The number of ether oxygens (including phenoxy) is 2. The van der Waals surface area contributed by atoms with E-state index in [1.54, 1.807) is 0 Å². The number of imidazole rings is 1. The Kier molecular flexibility index (Phi) is 4.97. The standard InChI is InChI=1S/C29H34N2O3/c32-28(33-16-18-4-2-1-3-5-18)26-25(30-27(31-26)24-12-19-6-7-23(24)11-19)17-34-29-13-20-8-21(14-29)10-22(9-20)15-29/h1-7,19-24H,8-17H2,(H,30,31). The molecule has 1 aromatic carbocycles. The lowest BCUT2D eigenvalue weighted by Crippen LogP contribution is -2.51. The van der Waals surface area contributed by atoms with E-state index >= 15 is 0 Å². The number of hydrogen-bond acceptors (Lipinski definition) is 4. The Labute approximate surface area is 201 Å². The number of aromatic nitrogens is 2. The lowest BCUT2D eigenvalue weighted by molar-refractivity contribution is -0.169. The lowest BCUT2D eigenvalue weighted by atomic mass is 9.54. The van der Waals surface area contributed by atoms with Gasteiger partial charge in [0.1, 0.15) is 12.4 Å². The monoisotopic (exact) mass is 458 g/mol. The topological polar surface area (TPSA) is 64.2 Å². The van der Waals surface area contributed by atoms with Crippen LogP contribution in [0.4, 0.5) is 0 Å². The van der Waals surface area contributed by atoms with Gasteiger partial charge in [0, 0.05) is 5.92 Å². The lowest BCUT2D eigenvalue weighted by Gasteiger charge is -2.56. The van der Waals surface area contributed by atoms with Gasteiger partial charge in [0.15, 0.2) is 5.69 Å². The molecule has 3 unspecified atom stereocenters. The molecule has 1 heterocycles. The zero-order chi connectivity index (χ0) is 22.7. The van der Waals surface area contributed by atoms with Crippen LogP contribution in [0.25, 0.3) is 0 Å². The average molecular weight is 459 g/mol. The number of fused-ring (bicyclic) bond motifs is 2. The first-order chi connectivity index (χ1) is 16.6. The zero-order valence-electron chi connectivity index (χ0n) is 19.7. The highest BCUT2D eigenvalue weighted by atomic mass is 16.5. The maximum Gasteiger partial charge on any atom is 0.359 e. The van der Waals surface area contributed by atoms with Crippen molar-refractivity contribution in [2.75, 3.05) is 0 Å². The van der Waals surface area contributed by atoms with E-state index in [-0.39, 0.29) is 18.2 Å². The Morgan fingerprint density at radius 1 is 0.941 bits per heavy atom. The molecule has 5 fully saturated rings. The molecule has 2 aromatic rings. The summed E-state index contributed by atoms with van der Waals surface area (Å²) in [5.74, 6) is 4.63. The van der Waals surface area contributed by atoms with Gasteiger partial charge in [-0.25, -0.2) is 9.78 Å². The number of carbonyl (C=O) groups is 1. The minimum Gasteiger partial charge on any atom is -0.456 e. The van der Waals surface area contributed by atoms with Crippen LogP contribution in [-0.2, 0) is 22.7 Å². The Hall–Kier alpha value is -2.40. The second-order valence-corrected chi connectivity index (χ2v) is 11.8. The van der Waals surface area contributed by atoms with Crippen LogP contribution in [0.5, 0.6) is 0 Å². The van der Waals surface area contributed by atoms with Gasteiger partial charge in [-0.05, 0) is 86.5 Å². The van der Waals surface area contributed by atoms with Gasteiger partial charge in [0.2, 0.25) is 0 Å². The van der Waals surface area contributed by atoms with Gasteiger partial charge in [0.05, 0.1) is 17.9 Å². The van der Waals surface area contributed by atoms with Crippen molar-refractivity contribution in [2.45, 2.75) is 76.1 Å². The van der Waals surface area contributed by atoms with Gasteiger partial charge >= 0.3 is 5.97 Å². The minimum absolute atomic E-state index is 0.000398. The number of rotatable bonds is 7. The molecule has 8 rings (SSSR count). The van der Waals surface area contributed by atoms with E-state index < -0.39 is 0 Å². The van der Waals surface area contributed by atoms with Crippen LogP contribution in [-0.4, -0.2) is 21.5 Å². The number of allylic oxidation sites excluding steroid dienone is 2. The zero-order valence-corrected chi connectivity index (χ0v) is 19.7. The molecule has 0 saturated heterocycles. The van der Waals surface area contributed by atoms with Crippen molar-refractivity contribution in [3.8, 4) is 0 Å². The van der Waals surface area contributed by atoms with Gasteiger partial charge in [-0.2, -0.15) is 0 Å². The molecule has 5 saturated carbocycles. The molecular formula is C29H34N2O3. The summed E-state index contributed by atoms with van der Waals surface area (Å²) in [6.45, 7) is 0.680. The number of nitrogens with one attached hydrogen (secondary N) is 1. The number of H-pyrrole nitrogens is 1. The van der Waals surface area contributed by atoms with Gasteiger partial charge < -0.3 is 14.5 Å². The molecule has 178 valence electrons. The smallest absolute Gasteiger partial charge is 0.359 e. The Balaban J connectivity index is 1.12. The Morgan fingerprint density at radius 3 is 2.32 bits per heavy atom. The number of aromatic amines is 1. The Bertz CT molecular complexity index is 1070. The maximum absolute atomic E-state index is 13.2. The van der Waals surface area contributed by atoms with Crippen LogP contribution in [0.15, 0.2) is 42.5 Å². The quantitative estimate of drug-likeness (QED) is 0.412. The largest absolute Gasteiger partial charge is 0.456 e. The Morgan fingerprint density at radius 2 is 1.68 bits per heavy atom. The molecule has 3 atom stereocenters. The summed E-state index contributed by atoms with van der Waals surface area (Å²) in [5, 5.41) is 0. The predicted octanol–water partition coefficient (Wildman–Crippen LogP) is 5.93. The molecule has 0 amide bonds. The third-order valence-corrected chi connectivity index (χ3v) is 9.34. The van der Waals surface area contributed by atoms with Crippen LogP contribution in [0, 0.1) is 29.6 Å². The highest BCUT2D eigenvalue weighted by Gasteiger charge is 2.52. The van der Waals surface area contributed by atoms with Crippen molar-refractivity contribution in [1.82, 2.24) is 9.97 Å². The van der Waals surface area contributed by atoms with Gasteiger partial charge in [-0.3, -0.25) is 0 Å². The summed E-state index contributed by atoms with van der Waals surface area (Å²) in [6, 6.07) is 9.84. The second-order valence-electron chi connectivity index (χ2n) is 11.8. The summed E-state index contributed by atoms with van der Waals surface area (Å²) in [4.78, 5) is 21.6. The number of carbonyl (C=O) groups excluding carboxylic acids is 1. The van der Waals surface area contributed by atoms with Crippen molar-refractivity contribution in [1.29, 1.82) is 0 Å². The van der Waals surface area contributed by atoms with Gasteiger partial charge in [-0.15, -0.1) is 0 Å². The van der Waals surface area contributed by atoms with Crippen molar-refractivity contribution in [3.63, 3.8) is 0 Å². The average Bonchev–Trinajstić information content (AvgIpc) is 3.57. The van der Waals surface area contributed by atoms with E-state index in [0.717, 1.165) is 41.3 Å². The first-order valence-corrected chi connectivity index (χ1v) is 13.2. The van der Waals surface area contributed by atoms with Crippen LogP contribution in [0.3, 0.4) is 0 Å². The fraction of sp³-hybridized carbons (Fsp3) is 0.586. The third-order valence-electron chi connectivity index (χ3n) is 9.34. The molecule has 1 N–H and O–H groups in total. The molecule has 0 spiro atoms. The van der Waals surface area contributed by atoms with Gasteiger partial charge in [0.25, 0.3) is 0 Å². The molecular weight excluding hydrogens is 424 g/mol. The van der Waals surface area contributed by atoms with Crippen LogP contribution in [0.1, 0.15) is 84.9 Å². The highest BCUT2D eigenvalue weighted by Crippen LogP contribution is 2.57. The fourth-order valence-corrected chi connectivity index (χ4v) is 8.20. The van der Waals surface area contributed by atoms with Crippen molar-refractivity contribution in [2.24, 2.45) is 29.6 Å². The highest BCUT2D eigenvalue weighted by molar-refractivity contribution is 5.88. The summed E-state index contributed by atoms with van der Waals surface area (Å²) >= 11 is 0. The van der Waals surface area contributed by atoms with Crippen LogP contribution in [0.2, 0.25) is 0 Å². The minimum atomic E-state index is -0.353. The van der Waals surface area contributed by atoms with E-state index in [2.05, 4.69) is 17.1 Å². The molecule has 0 radical (unpaired) electrons. The third kappa shape index (κ3) is 3.73. The molecule has 6 aliphatic carbocycles. The first-order valence-electron chi connectivity index (χ1n) is 13.2. The SMILES string of the molecule is O=C(OCc1ccccc1)c1nc(C2CC3C=CC2C3)[nH]c1COC12CC3CC(CC(C3)C1)C2. The van der Waals surface area contributed by atoms with E-state index in [1.807, 2.05) is 30.3 Å². The first kappa shape index (κ1) is 20.9. The summed E-state index contributed by atoms with van der Waals surface area (Å²) in [7, 11) is 0. The fourth-order valence-electron chi connectivity index (χ4n) is 8.20. The molecule has 6 bridgehead atoms. The molecule has 0 aliphatic heterocycles. The number of hydrogen-bond donors (Lipinski definition) is 1. The summed E-state index contributed by atoms with van der Waals surface area (Å²) in [6.07, 6.45) is 14.7. The van der Waals surface area contributed by atoms with Crippen molar-refractivity contribution in [3.05, 3.63) is 65.3 Å². The summed E-state index contributed by atoms with van der Waals surface area (Å²) < 4.78 is 12.4. The van der Waals surface area contributed by atoms with Crippen LogP contribution >= 0.6 is 0 Å². The van der Waals surface area contributed by atoms with E-state index in [0.29, 0.717) is 30.1 Å². The normalized spacial score (nSPS) is 36.9. The molecule has 5 nitrogen and oxygen atoms in total. The van der Waals surface area contributed by atoms with E-state index in [4.69, 9.17) is 14.5 Å². The van der Waals surface area contributed by atoms with Crippen molar-refractivity contribution >= 4 is 5.97 Å². The predicted molar refractivity (Wildman–Crippen MR) is 128 cm³/mol. The molecule has 6 aliphatic rings. The van der Waals surface area contributed by atoms with E-state index in [9.17, 15) is 4.79 Å². The molecule has 5 heteroatoms. The second kappa shape index (κ2) is 8.08. The number of benzene rings is 1. The van der Waals surface area contributed by atoms with Crippen molar-refractivity contribution < 1.29 is 14.3 Å². The maximum atomic E-state index is 13.2. The van der Waals surface area contributed by atoms with E-state index in [1.165, 1.54) is 44.9 Å². The molecule has 1 aromatic heterocycles. The number of nitrogens with zero attached hydrogens (tertiary/aromatic N) is 1. The van der Waals surface area contributed by atoms with Gasteiger partial charge in [-0.1, -0.05) is 42.5 Å². The number of esters is 1. The summed E-state index contributed by atoms with van der Waals surface area (Å²) in [5.41, 5.74) is 2.20.